The molecule has 0 bridgehead atoms. The first-order valence-electron chi connectivity index (χ1n) is 6.87. The molecule has 1 aromatic heterocycles. The van der Waals surface area contributed by atoms with Gasteiger partial charge in [0.05, 0.1) is 13.3 Å². The van der Waals surface area contributed by atoms with E-state index in [1.54, 1.807) is 7.11 Å². The number of H-pyrrole nitrogens is 1. The van der Waals surface area contributed by atoms with Gasteiger partial charge in [0.1, 0.15) is 5.75 Å². The number of hydrogen-bond donors (Lipinski definition) is 2. The molecule has 0 radical (unpaired) electrons. The summed E-state index contributed by atoms with van der Waals surface area (Å²) in [6, 6.07) is 8.11. The normalized spacial score (nSPS) is 11.0. The van der Waals surface area contributed by atoms with E-state index in [1.165, 1.54) is 16.8 Å². The Hall–Kier alpha value is -1.52. The van der Waals surface area contributed by atoms with Crippen LogP contribution in [0.15, 0.2) is 30.5 Å². The van der Waals surface area contributed by atoms with Crippen molar-refractivity contribution in [2.45, 2.75) is 39.3 Å². The second kappa shape index (κ2) is 7.48. The number of aromatic amines is 1. The van der Waals surface area contributed by atoms with Gasteiger partial charge in [-0.25, -0.2) is 0 Å². The zero-order valence-electron chi connectivity index (χ0n) is 13.1. The van der Waals surface area contributed by atoms with Crippen molar-refractivity contribution < 1.29 is 4.74 Å². The molecule has 0 spiro atoms. The van der Waals surface area contributed by atoms with E-state index in [0.29, 0.717) is 0 Å². The van der Waals surface area contributed by atoms with Crippen molar-refractivity contribution >= 4 is 12.4 Å². The summed E-state index contributed by atoms with van der Waals surface area (Å²) in [4.78, 5) is 0. The maximum absolute atomic E-state index is 5.23. The Balaban J connectivity index is 0.00000220. The number of halogens is 1. The number of hydrogen-bond acceptors (Lipinski definition) is 3. The molecular weight excluding hydrogens is 286 g/mol. The molecule has 0 aliphatic rings. The van der Waals surface area contributed by atoms with Crippen molar-refractivity contribution in [2.24, 2.45) is 0 Å². The monoisotopic (exact) mass is 309 g/mol. The topological polar surface area (TPSA) is 49.9 Å². The second-order valence-electron chi connectivity index (χ2n) is 5.98. The van der Waals surface area contributed by atoms with Gasteiger partial charge in [0, 0.05) is 29.8 Å². The lowest BCUT2D eigenvalue weighted by Crippen LogP contribution is -2.19. The molecular formula is C16H24ClN3O. The molecule has 4 nitrogen and oxygen atoms in total. The van der Waals surface area contributed by atoms with Crippen LogP contribution in [0.3, 0.4) is 0 Å². The molecule has 0 fully saturated rings. The Bertz CT molecular complexity index is 561. The van der Waals surface area contributed by atoms with Crippen molar-refractivity contribution in [3.63, 3.8) is 0 Å². The fourth-order valence-electron chi connectivity index (χ4n) is 2.22. The number of aromatic nitrogens is 2. The lowest BCUT2D eigenvalue weighted by molar-refractivity contribution is 0.414. The van der Waals surface area contributed by atoms with Crippen LogP contribution in [-0.4, -0.2) is 17.3 Å². The fourth-order valence-corrected chi connectivity index (χ4v) is 2.22. The summed E-state index contributed by atoms with van der Waals surface area (Å²) in [5, 5.41) is 10.7. The average Bonchev–Trinajstić information content (AvgIpc) is 2.87. The molecule has 5 heteroatoms. The Morgan fingerprint density at radius 1 is 1.24 bits per heavy atom. The van der Waals surface area contributed by atoms with Crippen molar-refractivity contribution in [3.8, 4) is 5.75 Å². The number of benzene rings is 1. The molecule has 21 heavy (non-hydrogen) atoms. The van der Waals surface area contributed by atoms with Crippen LogP contribution in [0, 0.1) is 0 Å². The molecule has 1 heterocycles. The zero-order valence-corrected chi connectivity index (χ0v) is 13.9. The Labute approximate surface area is 132 Å². The number of ether oxygens (including phenoxy) is 1. The van der Waals surface area contributed by atoms with Gasteiger partial charge in [-0.2, -0.15) is 5.10 Å². The minimum atomic E-state index is 0. The van der Waals surface area contributed by atoms with Crippen molar-refractivity contribution in [1.82, 2.24) is 15.5 Å². The SMILES string of the molecule is COc1cccc(CNCc2cn[nH]c2C(C)(C)C)c1.Cl. The third kappa shape index (κ3) is 4.76. The van der Waals surface area contributed by atoms with Gasteiger partial charge in [0.25, 0.3) is 0 Å². The molecule has 2 rings (SSSR count). The van der Waals surface area contributed by atoms with E-state index < -0.39 is 0 Å². The summed E-state index contributed by atoms with van der Waals surface area (Å²) < 4.78 is 5.23. The number of rotatable bonds is 5. The fraction of sp³-hybridized carbons (Fsp3) is 0.438. The highest BCUT2D eigenvalue weighted by Crippen LogP contribution is 2.23. The molecule has 0 atom stereocenters. The highest BCUT2D eigenvalue weighted by Gasteiger charge is 2.19. The summed E-state index contributed by atoms with van der Waals surface area (Å²) in [7, 11) is 1.69. The van der Waals surface area contributed by atoms with Gasteiger partial charge in [-0.05, 0) is 17.7 Å². The number of nitrogens with one attached hydrogen (secondary N) is 2. The van der Waals surface area contributed by atoms with Crippen LogP contribution < -0.4 is 10.1 Å². The van der Waals surface area contributed by atoms with Crippen LogP contribution in [-0.2, 0) is 18.5 Å². The minimum absolute atomic E-state index is 0. The van der Waals surface area contributed by atoms with E-state index >= 15 is 0 Å². The van der Waals surface area contributed by atoms with Gasteiger partial charge in [-0.1, -0.05) is 32.9 Å². The Morgan fingerprint density at radius 2 is 2.00 bits per heavy atom. The van der Waals surface area contributed by atoms with Crippen molar-refractivity contribution in [2.75, 3.05) is 7.11 Å². The molecule has 0 saturated heterocycles. The molecule has 0 aliphatic heterocycles. The van der Waals surface area contributed by atoms with E-state index in [1.807, 2.05) is 24.4 Å². The highest BCUT2D eigenvalue weighted by molar-refractivity contribution is 5.85. The first-order chi connectivity index (χ1) is 9.50. The quantitative estimate of drug-likeness (QED) is 0.889. The third-order valence-electron chi connectivity index (χ3n) is 3.25. The lowest BCUT2D eigenvalue weighted by Gasteiger charge is -2.18. The summed E-state index contributed by atoms with van der Waals surface area (Å²) in [6.07, 6.45) is 1.90. The second-order valence-corrected chi connectivity index (χ2v) is 5.98. The van der Waals surface area contributed by atoms with Crippen LogP contribution >= 0.6 is 12.4 Å². The minimum Gasteiger partial charge on any atom is -0.497 e. The summed E-state index contributed by atoms with van der Waals surface area (Å²) in [5.74, 6) is 0.892. The summed E-state index contributed by atoms with van der Waals surface area (Å²) in [6.45, 7) is 8.18. The molecule has 0 aliphatic carbocycles. The molecule has 0 amide bonds. The summed E-state index contributed by atoms with van der Waals surface area (Å²) >= 11 is 0. The maximum atomic E-state index is 5.23. The van der Waals surface area contributed by atoms with E-state index in [0.717, 1.165) is 18.8 Å². The lowest BCUT2D eigenvalue weighted by atomic mass is 9.89. The van der Waals surface area contributed by atoms with Crippen molar-refractivity contribution in [1.29, 1.82) is 0 Å². The van der Waals surface area contributed by atoms with Crippen LogP contribution in [0.5, 0.6) is 5.75 Å². The molecule has 116 valence electrons. The standard InChI is InChI=1S/C16H23N3O.ClH/c1-16(2,3)15-13(11-18-19-15)10-17-9-12-6-5-7-14(8-12)20-4;/h5-8,11,17H,9-10H2,1-4H3,(H,18,19);1H. The largest absolute Gasteiger partial charge is 0.497 e. The van der Waals surface area contributed by atoms with Gasteiger partial charge in [-0.15, -0.1) is 12.4 Å². The van der Waals surface area contributed by atoms with Gasteiger partial charge in [0.2, 0.25) is 0 Å². The van der Waals surface area contributed by atoms with E-state index in [9.17, 15) is 0 Å². The predicted molar refractivity (Wildman–Crippen MR) is 88.1 cm³/mol. The van der Waals surface area contributed by atoms with Gasteiger partial charge in [-0.3, -0.25) is 5.10 Å². The van der Waals surface area contributed by atoms with Crippen LogP contribution in [0.2, 0.25) is 0 Å². The highest BCUT2D eigenvalue weighted by atomic mass is 35.5. The molecule has 0 unspecified atom stereocenters. The van der Waals surface area contributed by atoms with Crippen LogP contribution in [0.1, 0.15) is 37.6 Å². The van der Waals surface area contributed by atoms with Crippen molar-refractivity contribution in [3.05, 3.63) is 47.3 Å². The smallest absolute Gasteiger partial charge is 0.119 e. The number of methoxy groups -OCH3 is 1. The first kappa shape index (κ1) is 17.5. The number of nitrogens with zero attached hydrogens (tertiary/aromatic N) is 1. The molecule has 1 aromatic carbocycles. The van der Waals surface area contributed by atoms with Gasteiger partial charge in [0.15, 0.2) is 0 Å². The van der Waals surface area contributed by atoms with Crippen LogP contribution in [0.4, 0.5) is 0 Å². The molecule has 0 saturated carbocycles. The van der Waals surface area contributed by atoms with Gasteiger partial charge < -0.3 is 10.1 Å². The van der Waals surface area contributed by atoms with E-state index in [4.69, 9.17) is 4.74 Å². The molecule has 2 aromatic rings. The Morgan fingerprint density at radius 3 is 2.67 bits per heavy atom. The Kier molecular flexibility index (Phi) is 6.24. The zero-order chi connectivity index (χ0) is 14.6. The van der Waals surface area contributed by atoms with E-state index in [-0.39, 0.29) is 17.8 Å². The van der Waals surface area contributed by atoms with Crippen LogP contribution in [0.25, 0.3) is 0 Å². The third-order valence-corrected chi connectivity index (χ3v) is 3.25. The maximum Gasteiger partial charge on any atom is 0.119 e. The summed E-state index contributed by atoms with van der Waals surface area (Å²) in [5.41, 5.74) is 3.71. The predicted octanol–water partition coefficient (Wildman–Crippen LogP) is 3.43. The first-order valence-corrected chi connectivity index (χ1v) is 6.87. The van der Waals surface area contributed by atoms with Gasteiger partial charge >= 0.3 is 0 Å². The van der Waals surface area contributed by atoms with E-state index in [2.05, 4.69) is 42.4 Å². The average molecular weight is 310 g/mol. The molecule has 2 N–H and O–H groups in total.